The topological polar surface area (TPSA) is 66.1 Å². The molecule has 19 heavy (non-hydrogen) atoms. The third kappa shape index (κ3) is 3.12. The van der Waals surface area contributed by atoms with Crippen molar-refractivity contribution in [2.45, 2.75) is 19.0 Å². The molecule has 1 amide bonds. The number of likely N-dealkylation sites (tertiary alicyclic amines) is 1. The Kier molecular flexibility index (Phi) is 3.59. The highest BCUT2D eigenvalue weighted by atomic mass is 19.4. The number of aromatic amines is 1. The van der Waals surface area contributed by atoms with E-state index in [9.17, 15) is 22.8 Å². The molecule has 104 valence electrons. The van der Waals surface area contributed by atoms with Crippen molar-refractivity contribution in [2.24, 2.45) is 5.92 Å². The van der Waals surface area contributed by atoms with E-state index < -0.39 is 23.6 Å². The molecular formula is C11H12F3N3O2. The Hall–Kier alpha value is -1.86. The van der Waals surface area contributed by atoms with Crippen LogP contribution in [0.3, 0.4) is 0 Å². The van der Waals surface area contributed by atoms with E-state index in [1.807, 2.05) is 0 Å². The number of H-pyrrole nitrogens is 1. The third-order valence-corrected chi connectivity index (χ3v) is 3.07. The van der Waals surface area contributed by atoms with Crippen molar-refractivity contribution in [3.63, 3.8) is 0 Å². The van der Waals surface area contributed by atoms with Crippen LogP contribution in [-0.2, 0) is 0 Å². The zero-order valence-electron chi connectivity index (χ0n) is 9.91. The second-order valence-corrected chi connectivity index (χ2v) is 4.44. The fraction of sp³-hybridized carbons (Fsp3) is 0.545. The predicted octanol–water partition coefficient (Wildman–Crippen LogP) is 1.18. The lowest BCUT2D eigenvalue weighted by Gasteiger charge is -2.33. The van der Waals surface area contributed by atoms with Crippen LogP contribution < -0.4 is 5.56 Å². The quantitative estimate of drug-likeness (QED) is 0.837. The van der Waals surface area contributed by atoms with Crippen molar-refractivity contribution in [3.05, 3.63) is 28.2 Å². The summed E-state index contributed by atoms with van der Waals surface area (Å²) in [6.45, 7) is -0.0879. The largest absolute Gasteiger partial charge is 0.393 e. The van der Waals surface area contributed by atoms with Crippen molar-refractivity contribution in [1.29, 1.82) is 0 Å². The molecule has 5 nitrogen and oxygen atoms in total. The number of hydrogen-bond acceptors (Lipinski definition) is 3. The van der Waals surface area contributed by atoms with Crippen LogP contribution in [0.5, 0.6) is 0 Å². The Morgan fingerprint density at radius 2 is 2.16 bits per heavy atom. The van der Waals surface area contributed by atoms with Crippen LogP contribution in [0.4, 0.5) is 13.2 Å². The fourth-order valence-corrected chi connectivity index (χ4v) is 2.05. The first-order valence-electron chi connectivity index (χ1n) is 5.79. The van der Waals surface area contributed by atoms with E-state index in [0.717, 1.165) is 11.0 Å². The van der Waals surface area contributed by atoms with Crippen LogP contribution >= 0.6 is 0 Å². The normalized spacial score (nSPS) is 20.4. The van der Waals surface area contributed by atoms with Crippen LogP contribution in [0.1, 0.15) is 23.3 Å². The molecule has 2 heterocycles. The molecule has 8 heteroatoms. The standard InChI is InChI=1S/C11H12F3N3O2/c12-11(13,14)7-2-1-5-17(6-7)10(19)8-3-4-9(18)16-15-8/h3-4,7H,1-2,5-6H2,(H,16,18). The molecule has 0 aromatic carbocycles. The van der Waals surface area contributed by atoms with Gasteiger partial charge in [0.15, 0.2) is 0 Å². The van der Waals surface area contributed by atoms with Gasteiger partial charge in [-0.2, -0.15) is 18.3 Å². The molecule has 1 aliphatic rings. The second-order valence-electron chi connectivity index (χ2n) is 4.44. The van der Waals surface area contributed by atoms with Gasteiger partial charge in [0.05, 0.1) is 5.92 Å². The van der Waals surface area contributed by atoms with Gasteiger partial charge >= 0.3 is 6.18 Å². The van der Waals surface area contributed by atoms with Gasteiger partial charge in [0.2, 0.25) is 0 Å². The molecule has 0 saturated carbocycles. The molecule has 0 aliphatic carbocycles. The Balaban J connectivity index is 2.11. The predicted molar refractivity (Wildman–Crippen MR) is 59.5 cm³/mol. The lowest BCUT2D eigenvalue weighted by molar-refractivity contribution is -0.184. The van der Waals surface area contributed by atoms with Gasteiger partial charge in [-0.25, -0.2) is 5.10 Å². The number of amides is 1. The molecule has 1 saturated heterocycles. The van der Waals surface area contributed by atoms with Crippen LogP contribution in [0.25, 0.3) is 0 Å². The maximum absolute atomic E-state index is 12.6. The average Bonchev–Trinajstić information content (AvgIpc) is 2.38. The number of aromatic nitrogens is 2. The zero-order valence-corrected chi connectivity index (χ0v) is 9.91. The summed E-state index contributed by atoms with van der Waals surface area (Å²) in [5.41, 5.74) is -0.522. The van der Waals surface area contributed by atoms with E-state index in [1.165, 1.54) is 6.07 Å². The first-order valence-corrected chi connectivity index (χ1v) is 5.79. The molecule has 1 atom stereocenters. The maximum atomic E-state index is 12.6. The van der Waals surface area contributed by atoms with Crippen molar-refractivity contribution < 1.29 is 18.0 Å². The van der Waals surface area contributed by atoms with E-state index in [-0.39, 0.29) is 25.2 Å². The maximum Gasteiger partial charge on any atom is 0.393 e. The number of nitrogens with zero attached hydrogens (tertiary/aromatic N) is 2. The summed E-state index contributed by atoms with van der Waals surface area (Å²) >= 11 is 0. The van der Waals surface area contributed by atoms with E-state index >= 15 is 0 Å². The van der Waals surface area contributed by atoms with Gasteiger partial charge < -0.3 is 4.90 Å². The number of piperidine rings is 1. The third-order valence-electron chi connectivity index (χ3n) is 3.07. The SMILES string of the molecule is O=C(c1ccc(=O)[nH]n1)N1CCCC(C(F)(F)F)C1. The lowest BCUT2D eigenvalue weighted by Crippen LogP contribution is -2.45. The number of hydrogen-bond donors (Lipinski definition) is 1. The molecule has 0 spiro atoms. The molecule has 0 bridgehead atoms. The summed E-state index contributed by atoms with van der Waals surface area (Å²) in [5.74, 6) is -2.09. The fourth-order valence-electron chi connectivity index (χ4n) is 2.05. The molecule has 1 aromatic rings. The molecule has 1 N–H and O–H groups in total. The van der Waals surface area contributed by atoms with Gasteiger partial charge in [-0.05, 0) is 18.9 Å². The highest BCUT2D eigenvalue weighted by Gasteiger charge is 2.42. The number of carbonyl (C=O) groups excluding carboxylic acids is 1. The monoisotopic (exact) mass is 275 g/mol. The molecule has 1 aliphatic heterocycles. The van der Waals surface area contributed by atoms with Gasteiger partial charge in [-0.15, -0.1) is 0 Å². The highest BCUT2D eigenvalue weighted by Crippen LogP contribution is 2.33. The Morgan fingerprint density at radius 3 is 2.74 bits per heavy atom. The van der Waals surface area contributed by atoms with Crippen LogP contribution in [0.2, 0.25) is 0 Å². The minimum Gasteiger partial charge on any atom is -0.337 e. The summed E-state index contributed by atoms with van der Waals surface area (Å²) in [4.78, 5) is 23.9. The summed E-state index contributed by atoms with van der Waals surface area (Å²) in [6.07, 6.45) is -3.96. The summed E-state index contributed by atoms with van der Waals surface area (Å²) in [5, 5.41) is 5.62. The Bertz CT molecular complexity index is 506. The zero-order chi connectivity index (χ0) is 14.0. The number of rotatable bonds is 1. The van der Waals surface area contributed by atoms with Gasteiger partial charge in [0.1, 0.15) is 5.69 Å². The van der Waals surface area contributed by atoms with Crippen LogP contribution in [0, 0.1) is 5.92 Å². The number of nitrogens with one attached hydrogen (secondary N) is 1. The van der Waals surface area contributed by atoms with Crippen molar-refractivity contribution in [2.75, 3.05) is 13.1 Å². The van der Waals surface area contributed by atoms with Crippen molar-refractivity contribution >= 4 is 5.91 Å². The van der Waals surface area contributed by atoms with E-state index in [0.29, 0.717) is 6.42 Å². The molecule has 1 unspecified atom stereocenters. The molecule has 2 rings (SSSR count). The molecule has 0 radical (unpaired) electrons. The van der Waals surface area contributed by atoms with Crippen molar-refractivity contribution in [1.82, 2.24) is 15.1 Å². The first kappa shape index (κ1) is 13.6. The lowest BCUT2D eigenvalue weighted by atomic mass is 9.97. The summed E-state index contributed by atoms with van der Waals surface area (Å²) < 4.78 is 37.9. The van der Waals surface area contributed by atoms with E-state index in [4.69, 9.17) is 0 Å². The van der Waals surface area contributed by atoms with E-state index in [1.54, 1.807) is 0 Å². The van der Waals surface area contributed by atoms with Crippen LogP contribution in [-0.4, -0.2) is 40.3 Å². The summed E-state index contributed by atoms with van der Waals surface area (Å²) in [6, 6.07) is 2.32. The molecule has 1 fully saturated rings. The van der Waals surface area contributed by atoms with Crippen molar-refractivity contribution in [3.8, 4) is 0 Å². The first-order chi connectivity index (χ1) is 8.88. The Labute approximate surface area is 106 Å². The Morgan fingerprint density at radius 1 is 1.42 bits per heavy atom. The highest BCUT2D eigenvalue weighted by molar-refractivity contribution is 5.92. The summed E-state index contributed by atoms with van der Waals surface area (Å²) in [7, 11) is 0. The smallest absolute Gasteiger partial charge is 0.337 e. The second kappa shape index (κ2) is 5.02. The van der Waals surface area contributed by atoms with Gasteiger partial charge in [0.25, 0.3) is 11.5 Å². The minimum atomic E-state index is -4.29. The molecule has 1 aromatic heterocycles. The number of alkyl halides is 3. The van der Waals surface area contributed by atoms with E-state index in [2.05, 4.69) is 10.2 Å². The number of halogens is 3. The number of carbonyl (C=O) groups is 1. The average molecular weight is 275 g/mol. The molecular weight excluding hydrogens is 263 g/mol. The van der Waals surface area contributed by atoms with Gasteiger partial charge in [-0.1, -0.05) is 0 Å². The van der Waals surface area contributed by atoms with Gasteiger partial charge in [0, 0.05) is 19.2 Å². The van der Waals surface area contributed by atoms with Gasteiger partial charge in [-0.3, -0.25) is 9.59 Å². The minimum absolute atomic E-state index is 0.0341. The van der Waals surface area contributed by atoms with Crippen LogP contribution in [0.15, 0.2) is 16.9 Å².